The van der Waals surface area contributed by atoms with Crippen molar-refractivity contribution in [2.24, 2.45) is 0 Å². The molecule has 0 aliphatic rings. The Balaban J connectivity index is 1.79. The largest absolute Gasteiger partial charge is 0.349 e. The third-order valence-corrected chi connectivity index (χ3v) is 4.29. The number of nitrogens with one attached hydrogen (secondary N) is 3. The SMILES string of the molecule is Cc1cc(C)c(NC(=O)CNC(=O)CC(C)NC(=O)c2ccccc2)c(C)c1. The van der Waals surface area contributed by atoms with E-state index in [2.05, 4.69) is 16.0 Å². The maximum absolute atomic E-state index is 12.2. The molecule has 2 aromatic rings. The molecule has 148 valence electrons. The van der Waals surface area contributed by atoms with Crippen LogP contribution < -0.4 is 16.0 Å². The Morgan fingerprint density at radius 1 is 0.929 bits per heavy atom. The predicted molar refractivity (Wildman–Crippen MR) is 110 cm³/mol. The number of anilines is 1. The highest BCUT2D eigenvalue weighted by Gasteiger charge is 2.14. The lowest BCUT2D eigenvalue weighted by molar-refractivity contribution is -0.124. The molecule has 0 aromatic heterocycles. The molecule has 2 rings (SSSR count). The van der Waals surface area contributed by atoms with Crippen molar-refractivity contribution in [2.75, 3.05) is 11.9 Å². The van der Waals surface area contributed by atoms with E-state index in [0.29, 0.717) is 5.56 Å². The molecule has 3 amide bonds. The molecule has 6 nitrogen and oxygen atoms in total. The second kappa shape index (κ2) is 9.69. The van der Waals surface area contributed by atoms with Gasteiger partial charge in [0.2, 0.25) is 11.8 Å². The van der Waals surface area contributed by atoms with Gasteiger partial charge in [0.05, 0.1) is 6.54 Å². The molecule has 6 heteroatoms. The first-order valence-electron chi connectivity index (χ1n) is 9.26. The van der Waals surface area contributed by atoms with Crippen LogP contribution in [-0.4, -0.2) is 30.3 Å². The van der Waals surface area contributed by atoms with Gasteiger partial charge in [-0.2, -0.15) is 0 Å². The van der Waals surface area contributed by atoms with E-state index < -0.39 is 0 Å². The Labute approximate surface area is 165 Å². The first-order chi connectivity index (χ1) is 13.3. The molecule has 1 atom stereocenters. The zero-order valence-corrected chi connectivity index (χ0v) is 16.8. The summed E-state index contributed by atoms with van der Waals surface area (Å²) in [4.78, 5) is 36.3. The highest BCUT2D eigenvalue weighted by Crippen LogP contribution is 2.21. The van der Waals surface area contributed by atoms with Crippen LogP contribution in [0.2, 0.25) is 0 Å². The van der Waals surface area contributed by atoms with Crippen LogP contribution in [0.1, 0.15) is 40.4 Å². The number of hydrogen-bond acceptors (Lipinski definition) is 3. The summed E-state index contributed by atoms with van der Waals surface area (Å²) >= 11 is 0. The maximum atomic E-state index is 12.2. The molecule has 0 spiro atoms. The third kappa shape index (κ3) is 6.23. The lowest BCUT2D eigenvalue weighted by Crippen LogP contribution is -2.39. The molecular weight excluding hydrogens is 354 g/mol. The predicted octanol–water partition coefficient (Wildman–Crippen LogP) is 2.88. The summed E-state index contributed by atoms with van der Waals surface area (Å²) in [5, 5.41) is 8.21. The quantitative estimate of drug-likeness (QED) is 0.689. The number of carbonyl (C=O) groups is 3. The van der Waals surface area contributed by atoms with Crippen LogP contribution >= 0.6 is 0 Å². The van der Waals surface area contributed by atoms with E-state index in [-0.39, 0.29) is 36.7 Å². The number of carbonyl (C=O) groups excluding carboxylic acids is 3. The van der Waals surface area contributed by atoms with Crippen molar-refractivity contribution < 1.29 is 14.4 Å². The molecular formula is C22H27N3O3. The van der Waals surface area contributed by atoms with Crippen LogP contribution in [0.25, 0.3) is 0 Å². The van der Waals surface area contributed by atoms with Crippen LogP contribution in [0.4, 0.5) is 5.69 Å². The average molecular weight is 381 g/mol. The van der Waals surface area contributed by atoms with Crippen LogP contribution in [0.3, 0.4) is 0 Å². The zero-order chi connectivity index (χ0) is 20.7. The van der Waals surface area contributed by atoms with Crippen molar-refractivity contribution in [3.63, 3.8) is 0 Å². The first kappa shape index (κ1) is 21.2. The molecule has 0 aliphatic heterocycles. The molecule has 0 saturated heterocycles. The topological polar surface area (TPSA) is 87.3 Å². The minimum absolute atomic E-state index is 0.0917. The fourth-order valence-corrected chi connectivity index (χ4v) is 3.04. The minimum Gasteiger partial charge on any atom is -0.349 e. The van der Waals surface area contributed by atoms with Crippen LogP contribution in [0.5, 0.6) is 0 Å². The van der Waals surface area contributed by atoms with Crippen molar-refractivity contribution >= 4 is 23.4 Å². The highest BCUT2D eigenvalue weighted by molar-refractivity contribution is 5.96. The maximum Gasteiger partial charge on any atom is 0.251 e. The molecule has 1 unspecified atom stereocenters. The van der Waals surface area contributed by atoms with Crippen molar-refractivity contribution in [3.8, 4) is 0 Å². The normalized spacial score (nSPS) is 11.4. The summed E-state index contributed by atoms with van der Waals surface area (Å²) in [6.45, 7) is 7.50. The van der Waals surface area contributed by atoms with E-state index >= 15 is 0 Å². The van der Waals surface area contributed by atoms with Gasteiger partial charge in [-0.05, 0) is 51.0 Å². The van der Waals surface area contributed by atoms with E-state index in [9.17, 15) is 14.4 Å². The fourth-order valence-electron chi connectivity index (χ4n) is 3.04. The van der Waals surface area contributed by atoms with Crippen LogP contribution in [0.15, 0.2) is 42.5 Å². The highest BCUT2D eigenvalue weighted by atomic mass is 16.2. The standard InChI is InChI=1S/C22H27N3O3/c1-14-10-15(2)21(16(3)11-14)25-20(27)13-23-19(26)12-17(4)24-22(28)18-8-6-5-7-9-18/h5-11,17H,12-13H2,1-4H3,(H,23,26)(H,24,28)(H,25,27). The molecule has 0 fully saturated rings. The van der Waals surface area contributed by atoms with E-state index in [1.165, 1.54) is 0 Å². The van der Waals surface area contributed by atoms with Crippen LogP contribution in [0, 0.1) is 20.8 Å². The third-order valence-electron chi connectivity index (χ3n) is 4.29. The Kier molecular flexibility index (Phi) is 7.32. The van der Waals surface area contributed by atoms with Crippen molar-refractivity contribution in [1.82, 2.24) is 10.6 Å². The summed E-state index contributed by atoms with van der Waals surface area (Å²) in [6, 6.07) is 12.5. The van der Waals surface area contributed by atoms with Gasteiger partial charge in [-0.15, -0.1) is 0 Å². The summed E-state index contributed by atoms with van der Waals surface area (Å²) in [5.41, 5.74) is 4.41. The molecule has 0 heterocycles. The van der Waals surface area contributed by atoms with E-state index in [1.54, 1.807) is 31.2 Å². The van der Waals surface area contributed by atoms with Gasteiger partial charge in [-0.3, -0.25) is 14.4 Å². The molecule has 28 heavy (non-hydrogen) atoms. The average Bonchev–Trinajstić information content (AvgIpc) is 2.63. The number of benzene rings is 2. The number of amides is 3. The van der Waals surface area contributed by atoms with Gasteiger partial charge >= 0.3 is 0 Å². The minimum atomic E-state index is -0.350. The number of aryl methyl sites for hydroxylation is 3. The van der Waals surface area contributed by atoms with E-state index in [4.69, 9.17) is 0 Å². The molecule has 0 saturated carbocycles. The first-order valence-corrected chi connectivity index (χ1v) is 9.26. The number of hydrogen-bond donors (Lipinski definition) is 3. The smallest absolute Gasteiger partial charge is 0.251 e. The van der Waals surface area contributed by atoms with Gasteiger partial charge in [-0.25, -0.2) is 0 Å². The monoisotopic (exact) mass is 381 g/mol. The Morgan fingerprint density at radius 2 is 1.54 bits per heavy atom. The van der Waals surface area contributed by atoms with Gasteiger partial charge in [-0.1, -0.05) is 35.9 Å². The number of rotatable bonds is 7. The lowest BCUT2D eigenvalue weighted by Gasteiger charge is -2.15. The van der Waals surface area contributed by atoms with Gasteiger partial charge in [0.25, 0.3) is 5.91 Å². The zero-order valence-electron chi connectivity index (χ0n) is 16.8. The van der Waals surface area contributed by atoms with Gasteiger partial charge < -0.3 is 16.0 Å². The van der Waals surface area contributed by atoms with Crippen molar-refractivity contribution in [2.45, 2.75) is 40.2 Å². The second-order valence-electron chi connectivity index (χ2n) is 7.04. The van der Waals surface area contributed by atoms with E-state index in [1.807, 2.05) is 39.0 Å². The Bertz CT molecular complexity index is 840. The second-order valence-corrected chi connectivity index (χ2v) is 7.04. The Morgan fingerprint density at radius 3 is 2.14 bits per heavy atom. The van der Waals surface area contributed by atoms with Crippen molar-refractivity contribution in [1.29, 1.82) is 0 Å². The van der Waals surface area contributed by atoms with Crippen molar-refractivity contribution in [3.05, 3.63) is 64.7 Å². The molecule has 0 bridgehead atoms. The lowest BCUT2D eigenvalue weighted by atomic mass is 10.1. The Hall–Kier alpha value is -3.15. The summed E-state index contributed by atoms with van der Waals surface area (Å²) in [6.07, 6.45) is 0.0917. The summed E-state index contributed by atoms with van der Waals surface area (Å²) in [5.74, 6) is -0.818. The fraction of sp³-hybridized carbons (Fsp3) is 0.318. The molecule has 2 aromatic carbocycles. The molecule has 3 N–H and O–H groups in total. The van der Waals surface area contributed by atoms with Gasteiger partial charge in [0.1, 0.15) is 0 Å². The van der Waals surface area contributed by atoms with Gasteiger partial charge in [0.15, 0.2) is 0 Å². The van der Waals surface area contributed by atoms with Gasteiger partial charge in [0, 0.05) is 23.7 Å². The summed E-state index contributed by atoms with van der Waals surface area (Å²) < 4.78 is 0. The summed E-state index contributed by atoms with van der Waals surface area (Å²) in [7, 11) is 0. The molecule has 0 radical (unpaired) electrons. The van der Waals surface area contributed by atoms with E-state index in [0.717, 1.165) is 22.4 Å². The molecule has 0 aliphatic carbocycles. The van der Waals surface area contributed by atoms with Crippen LogP contribution in [-0.2, 0) is 9.59 Å².